The summed E-state index contributed by atoms with van der Waals surface area (Å²) in [6.45, 7) is 19.3. The molecular formula is C21H30ClN3O3. The van der Waals surface area contributed by atoms with Crippen LogP contribution in [-0.4, -0.2) is 9.91 Å². The van der Waals surface area contributed by atoms with Gasteiger partial charge in [-0.15, -0.1) is 0 Å². The average Bonchev–Trinajstić information content (AvgIpc) is 2.71. The molecule has 0 atom stereocenters. The van der Waals surface area contributed by atoms with Gasteiger partial charge in [0.25, 0.3) is 5.69 Å². The predicted molar refractivity (Wildman–Crippen MR) is 122 cm³/mol. The number of non-ortho nitro benzene ring substituents is 1. The van der Waals surface area contributed by atoms with E-state index < -0.39 is 10.4 Å². The minimum atomic E-state index is -0.618. The number of benzene rings is 1. The molecular weight excluding hydrogens is 378 g/mol. The molecule has 0 aliphatic carbocycles. The van der Waals surface area contributed by atoms with Gasteiger partial charge in [-0.3, -0.25) is 14.9 Å². The molecule has 1 heterocycles. The number of rotatable bonds is 5. The molecule has 0 unspecified atom stereocenters. The molecule has 2 rings (SSSR count). The van der Waals surface area contributed by atoms with Crippen LogP contribution in [0.15, 0.2) is 60.1 Å². The van der Waals surface area contributed by atoms with Crippen LogP contribution in [0, 0.1) is 10.1 Å². The highest BCUT2D eigenvalue weighted by molar-refractivity contribution is 6.35. The van der Waals surface area contributed by atoms with E-state index in [4.69, 9.17) is 11.6 Å². The van der Waals surface area contributed by atoms with Gasteiger partial charge >= 0.3 is 0 Å². The highest BCUT2D eigenvalue weighted by Crippen LogP contribution is 2.28. The van der Waals surface area contributed by atoms with Crippen LogP contribution in [0.3, 0.4) is 0 Å². The third kappa shape index (κ3) is 7.80. The van der Waals surface area contributed by atoms with Gasteiger partial charge in [0.05, 0.1) is 15.5 Å². The van der Waals surface area contributed by atoms with Crippen LogP contribution in [0.2, 0.25) is 5.02 Å². The first-order valence-electron chi connectivity index (χ1n) is 9.19. The van der Waals surface area contributed by atoms with E-state index in [1.54, 1.807) is 18.2 Å². The Morgan fingerprint density at radius 3 is 2.29 bits per heavy atom. The number of hydrogen-bond donors (Lipinski definition) is 2. The lowest BCUT2D eigenvalue weighted by molar-refractivity contribution is -0.383. The molecule has 0 saturated carbocycles. The zero-order chi connectivity index (χ0) is 22.3. The van der Waals surface area contributed by atoms with E-state index in [0.29, 0.717) is 11.5 Å². The number of nitro groups is 1. The highest BCUT2D eigenvalue weighted by Gasteiger charge is 2.18. The van der Waals surface area contributed by atoms with Crippen molar-refractivity contribution in [3.63, 3.8) is 0 Å². The van der Waals surface area contributed by atoms with Crippen molar-refractivity contribution < 1.29 is 4.92 Å². The number of aromatic amines is 1. The Hall–Kier alpha value is -2.86. The van der Waals surface area contributed by atoms with Crippen molar-refractivity contribution in [2.75, 3.05) is 5.32 Å². The summed E-state index contributed by atoms with van der Waals surface area (Å²) in [7, 11) is 0. The summed E-state index contributed by atoms with van der Waals surface area (Å²) in [5.41, 5.74) is -0.0913. The minimum absolute atomic E-state index is 0.0599. The summed E-state index contributed by atoms with van der Waals surface area (Å²) >= 11 is 6.03. The average molecular weight is 408 g/mol. The number of hydrogen-bond acceptors (Lipinski definition) is 4. The molecule has 154 valence electrons. The van der Waals surface area contributed by atoms with Crippen LogP contribution in [0.1, 0.15) is 41.5 Å². The number of H-pyrrole nitrogens is 1. The van der Waals surface area contributed by atoms with E-state index in [0.717, 1.165) is 0 Å². The lowest BCUT2D eigenvalue weighted by Gasteiger charge is -2.08. The van der Waals surface area contributed by atoms with E-state index >= 15 is 0 Å². The topological polar surface area (TPSA) is 88.0 Å². The van der Waals surface area contributed by atoms with Crippen molar-refractivity contribution in [1.82, 2.24) is 4.98 Å². The number of halogens is 1. The maximum absolute atomic E-state index is 12.2. The van der Waals surface area contributed by atoms with Crippen LogP contribution in [0.5, 0.6) is 0 Å². The summed E-state index contributed by atoms with van der Waals surface area (Å²) < 4.78 is 0. The zero-order valence-corrected chi connectivity index (χ0v) is 18.2. The second-order valence-electron chi connectivity index (χ2n) is 4.37. The van der Waals surface area contributed by atoms with Crippen molar-refractivity contribution in [3.05, 3.63) is 80.6 Å². The van der Waals surface area contributed by atoms with Crippen LogP contribution < -0.4 is 10.7 Å². The third-order valence-electron chi connectivity index (χ3n) is 2.84. The molecule has 0 radical (unpaired) electrons. The van der Waals surface area contributed by atoms with Crippen LogP contribution >= 0.6 is 11.6 Å². The maximum Gasteiger partial charge on any atom is 0.282 e. The van der Waals surface area contributed by atoms with E-state index in [9.17, 15) is 14.9 Å². The first-order valence-corrected chi connectivity index (χ1v) is 9.57. The normalized spacial score (nSPS) is 9.11. The second-order valence-corrected chi connectivity index (χ2v) is 4.77. The minimum Gasteiger partial charge on any atom is -0.342 e. The molecule has 28 heavy (non-hydrogen) atoms. The quantitative estimate of drug-likeness (QED) is 0.322. The summed E-state index contributed by atoms with van der Waals surface area (Å²) in [5, 5.41) is 14.0. The number of aromatic nitrogens is 1. The fourth-order valence-corrected chi connectivity index (χ4v) is 2.13. The van der Waals surface area contributed by atoms with Crippen LogP contribution in [0.4, 0.5) is 11.5 Å². The number of nitro benzene ring substituents is 1. The summed E-state index contributed by atoms with van der Waals surface area (Å²) in [4.78, 5) is 25.5. The van der Waals surface area contributed by atoms with E-state index in [1.807, 2.05) is 41.5 Å². The Morgan fingerprint density at radius 2 is 1.79 bits per heavy atom. The summed E-state index contributed by atoms with van der Waals surface area (Å²) in [6.07, 6.45) is 4.91. The molecule has 0 bridgehead atoms. The number of nitrogens with one attached hydrogen (secondary N) is 2. The Balaban J connectivity index is 0. The smallest absolute Gasteiger partial charge is 0.282 e. The van der Waals surface area contributed by atoms with Gasteiger partial charge in [0, 0.05) is 17.8 Å². The lowest BCUT2D eigenvalue weighted by atomic mass is 10.1. The molecule has 1 aromatic heterocycles. The van der Waals surface area contributed by atoms with Crippen molar-refractivity contribution in [2.45, 2.75) is 41.5 Å². The first kappa shape index (κ1) is 27.4. The molecule has 0 amide bonds. The lowest BCUT2D eigenvalue weighted by Crippen LogP contribution is -2.09. The number of nitrogens with zero attached hydrogens (tertiary/aromatic N) is 1. The van der Waals surface area contributed by atoms with Gasteiger partial charge in [0.1, 0.15) is 11.2 Å². The van der Waals surface area contributed by atoms with Gasteiger partial charge in [0.2, 0.25) is 0 Å². The standard InChI is InChI=1S/C15H12ClN3O3.3C2H6/c1-3-4-5-9(2)17-13-8-12(20)14-11(19(21)22)7-6-10(16)15(14)18-13;3*1-2/h3-8H,1-2H2,(H2,17,18,20);3*1-2H3/b5-4-;;;. The molecule has 7 heteroatoms. The van der Waals surface area contributed by atoms with Crippen LogP contribution in [-0.2, 0) is 0 Å². The van der Waals surface area contributed by atoms with Crippen molar-refractivity contribution in [1.29, 1.82) is 0 Å². The van der Waals surface area contributed by atoms with Gasteiger partial charge in [-0.25, -0.2) is 0 Å². The Morgan fingerprint density at radius 1 is 1.21 bits per heavy atom. The van der Waals surface area contributed by atoms with Gasteiger partial charge in [-0.1, -0.05) is 78.5 Å². The largest absolute Gasteiger partial charge is 0.342 e. The second kappa shape index (κ2) is 15.2. The summed E-state index contributed by atoms with van der Waals surface area (Å²) in [5.74, 6) is 0.332. The molecule has 0 fully saturated rings. The van der Waals surface area contributed by atoms with Crippen LogP contribution in [0.25, 0.3) is 10.9 Å². The van der Waals surface area contributed by atoms with Crippen molar-refractivity contribution >= 4 is 34.0 Å². The van der Waals surface area contributed by atoms with Crippen molar-refractivity contribution in [3.8, 4) is 0 Å². The fraction of sp³-hybridized carbons (Fsp3) is 0.286. The van der Waals surface area contributed by atoms with Gasteiger partial charge in [0.15, 0.2) is 5.43 Å². The van der Waals surface area contributed by atoms with Gasteiger partial charge < -0.3 is 10.3 Å². The first-order chi connectivity index (χ1) is 13.4. The number of fused-ring (bicyclic) bond motifs is 1. The number of pyridine rings is 1. The Kier molecular flexibility index (Phi) is 14.9. The van der Waals surface area contributed by atoms with Gasteiger partial charge in [-0.05, 0) is 12.1 Å². The molecule has 2 N–H and O–H groups in total. The zero-order valence-electron chi connectivity index (χ0n) is 17.4. The summed E-state index contributed by atoms with van der Waals surface area (Å²) in [6, 6.07) is 3.80. The monoisotopic (exact) mass is 407 g/mol. The van der Waals surface area contributed by atoms with E-state index in [2.05, 4.69) is 23.5 Å². The van der Waals surface area contributed by atoms with Gasteiger partial charge in [-0.2, -0.15) is 0 Å². The molecule has 0 aliphatic rings. The Labute approximate surface area is 171 Å². The molecule has 0 aliphatic heterocycles. The highest BCUT2D eigenvalue weighted by atomic mass is 35.5. The SMILES string of the molecule is C=C/C=C\C(=C)Nc1cc(=O)c2c([N+](=O)[O-])ccc(Cl)c2[nH]1.CC.CC.CC. The molecule has 0 spiro atoms. The fourth-order valence-electron chi connectivity index (χ4n) is 1.93. The maximum atomic E-state index is 12.2. The van der Waals surface area contributed by atoms with E-state index in [-0.39, 0.29) is 21.6 Å². The molecule has 0 saturated heterocycles. The van der Waals surface area contributed by atoms with E-state index in [1.165, 1.54) is 18.2 Å². The predicted octanol–water partition coefficient (Wildman–Crippen LogP) is 6.84. The number of allylic oxidation sites excluding steroid dienone is 3. The van der Waals surface area contributed by atoms with Crippen molar-refractivity contribution in [2.24, 2.45) is 0 Å². The Bertz CT molecular complexity index is 871. The molecule has 1 aromatic carbocycles. The third-order valence-corrected chi connectivity index (χ3v) is 3.15. The molecule has 2 aromatic rings. The number of anilines is 1. The molecule has 6 nitrogen and oxygen atoms in total.